The predicted molar refractivity (Wildman–Crippen MR) is 147 cm³/mol. The smallest absolute Gasteiger partial charge is 0.303 e. The van der Waals surface area contributed by atoms with Crippen molar-refractivity contribution in [1.82, 2.24) is 0 Å². The maximum Gasteiger partial charge on any atom is 0.303 e. The number of rotatable bonds is 6. The summed E-state index contributed by atoms with van der Waals surface area (Å²) in [6.45, 7) is 17.9. The summed E-state index contributed by atoms with van der Waals surface area (Å²) in [6.07, 6.45) is 3.98. The Kier molecular flexibility index (Phi) is 7.36. The Morgan fingerprint density at radius 1 is 1.11 bits per heavy atom. The first-order valence-electron chi connectivity index (χ1n) is 14.8. The number of hydrogen-bond acceptors (Lipinski definition) is 6. The number of carbonyl (C=O) groups excluding carboxylic acids is 2. The predicted octanol–water partition coefficient (Wildman–Crippen LogP) is 5.37. The van der Waals surface area contributed by atoms with Gasteiger partial charge in [-0.1, -0.05) is 52.7 Å². The van der Waals surface area contributed by atoms with Crippen LogP contribution in [0.5, 0.6) is 0 Å². The molecule has 3 fully saturated rings. The Labute approximate surface area is 229 Å². The van der Waals surface area contributed by atoms with Crippen molar-refractivity contribution in [3.63, 3.8) is 0 Å². The number of Topliss-reactive ketones (excluding diaryl/α,β-unsaturated/α-hetero) is 1. The highest BCUT2D eigenvalue weighted by Gasteiger charge is 2.69. The van der Waals surface area contributed by atoms with Crippen molar-refractivity contribution in [1.29, 1.82) is 0 Å². The average Bonchev–Trinajstić information content (AvgIpc) is 3.12. The highest BCUT2D eigenvalue weighted by Crippen LogP contribution is 2.74. The van der Waals surface area contributed by atoms with Crippen molar-refractivity contribution < 1.29 is 29.6 Å². The standard InChI is InChI=1S/C32H52O6/c1-18(16-23(35)27(29(5,6)37)38-19(2)33)20-10-14-31(8)21(20)17-22(34)26-30(7)13-12-25(36)28(3,4)24(30)11-15-32(26,31)9/h18,22-24,26-27,34-35,37H,10-17H2,1-9H3/t18-,22+,23+,24?,26+,27-,30+,31+,32+/m1/s1. The lowest BCUT2D eigenvalue weighted by atomic mass is 9.36. The lowest BCUT2D eigenvalue weighted by molar-refractivity contribution is -0.208. The van der Waals surface area contributed by atoms with Crippen LogP contribution in [0.25, 0.3) is 0 Å². The molecule has 6 heteroatoms. The van der Waals surface area contributed by atoms with Crippen molar-refractivity contribution in [2.24, 2.45) is 39.4 Å². The summed E-state index contributed by atoms with van der Waals surface area (Å²) in [5, 5.41) is 33.5. The summed E-state index contributed by atoms with van der Waals surface area (Å²) in [4.78, 5) is 24.6. The van der Waals surface area contributed by atoms with Gasteiger partial charge in [0.1, 0.15) is 5.78 Å². The zero-order valence-electron chi connectivity index (χ0n) is 25.2. The van der Waals surface area contributed by atoms with E-state index in [2.05, 4.69) is 41.5 Å². The molecule has 0 saturated heterocycles. The second kappa shape index (κ2) is 9.41. The summed E-state index contributed by atoms with van der Waals surface area (Å²) >= 11 is 0. The van der Waals surface area contributed by atoms with Crippen molar-refractivity contribution in [3.05, 3.63) is 11.1 Å². The molecule has 0 aliphatic heterocycles. The number of esters is 1. The summed E-state index contributed by atoms with van der Waals surface area (Å²) in [5.41, 5.74) is 0.754. The first kappa shape index (κ1) is 29.7. The fourth-order valence-corrected chi connectivity index (χ4v) is 10.2. The van der Waals surface area contributed by atoms with E-state index in [1.807, 2.05) is 0 Å². The van der Waals surface area contributed by atoms with Crippen LogP contribution < -0.4 is 0 Å². The molecule has 38 heavy (non-hydrogen) atoms. The lowest BCUT2D eigenvalue weighted by Crippen LogP contribution is -2.65. The first-order valence-corrected chi connectivity index (χ1v) is 14.8. The van der Waals surface area contributed by atoms with E-state index in [4.69, 9.17) is 4.74 Å². The summed E-state index contributed by atoms with van der Waals surface area (Å²) in [6, 6.07) is 0. The van der Waals surface area contributed by atoms with Crippen molar-refractivity contribution in [3.8, 4) is 0 Å². The molecule has 0 spiro atoms. The zero-order chi connectivity index (χ0) is 28.6. The second-order valence-electron chi connectivity index (χ2n) is 15.1. The van der Waals surface area contributed by atoms with Crippen LogP contribution in [-0.4, -0.2) is 51.0 Å². The normalized spacial score (nSPS) is 41.1. The maximum atomic E-state index is 12.9. The Hall–Kier alpha value is -1.24. The molecule has 3 N–H and O–H groups in total. The first-order chi connectivity index (χ1) is 17.3. The van der Waals surface area contributed by atoms with Gasteiger partial charge in [-0.05, 0) is 92.8 Å². The Morgan fingerprint density at radius 2 is 1.74 bits per heavy atom. The minimum atomic E-state index is -1.36. The molecule has 4 aliphatic rings. The fraction of sp³-hybridized carbons (Fsp3) is 0.875. The van der Waals surface area contributed by atoms with Gasteiger partial charge < -0.3 is 20.1 Å². The number of fused-ring (bicyclic) bond motifs is 5. The van der Waals surface area contributed by atoms with Crippen LogP contribution in [0.1, 0.15) is 114 Å². The number of aliphatic hydroxyl groups is 3. The van der Waals surface area contributed by atoms with Crippen LogP contribution >= 0.6 is 0 Å². The van der Waals surface area contributed by atoms with E-state index in [0.29, 0.717) is 25.0 Å². The third-order valence-electron chi connectivity index (χ3n) is 12.2. The number of ether oxygens (including phenoxy) is 1. The van der Waals surface area contributed by atoms with E-state index in [-0.39, 0.29) is 39.4 Å². The van der Waals surface area contributed by atoms with E-state index in [1.165, 1.54) is 18.1 Å². The fourth-order valence-electron chi connectivity index (χ4n) is 10.2. The highest BCUT2D eigenvalue weighted by molar-refractivity contribution is 5.85. The van der Waals surface area contributed by atoms with Gasteiger partial charge in [0.2, 0.25) is 0 Å². The zero-order valence-corrected chi connectivity index (χ0v) is 25.2. The Balaban J connectivity index is 1.66. The van der Waals surface area contributed by atoms with Crippen LogP contribution in [-0.2, 0) is 14.3 Å². The SMILES string of the molecule is CC(=O)O[C@H]([C@@H](O)C[C@@H](C)C1=C2C[C@H](O)[C@H]3[C@@]4(C)CCC(=O)C(C)(C)C4CC[C@]3(C)[C@@]2(C)CC1)C(C)(C)O. The van der Waals surface area contributed by atoms with Gasteiger partial charge in [-0.25, -0.2) is 0 Å². The Morgan fingerprint density at radius 3 is 2.32 bits per heavy atom. The molecule has 6 nitrogen and oxygen atoms in total. The molecule has 3 saturated carbocycles. The van der Waals surface area contributed by atoms with Crippen LogP contribution in [0.3, 0.4) is 0 Å². The number of ketones is 1. The van der Waals surface area contributed by atoms with Gasteiger partial charge in [0, 0.05) is 18.8 Å². The molecule has 0 heterocycles. The van der Waals surface area contributed by atoms with Gasteiger partial charge in [-0.15, -0.1) is 0 Å². The van der Waals surface area contributed by atoms with E-state index in [0.717, 1.165) is 32.1 Å². The van der Waals surface area contributed by atoms with Crippen LogP contribution in [0, 0.1) is 39.4 Å². The van der Waals surface area contributed by atoms with Gasteiger partial charge >= 0.3 is 5.97 Å². The van der Waals surface area contributed by atoms with Crippen molar-refractivity contribution in [2.45, 2.75) is 138 Å². The molecule has 4 rings (SSSR count). The number of allylic oxidation sites excluding steroid dienone is 1. The molecule has 0 radical (unpaired) electrons. The molecule has 4 aliphatic carbocycles. The minimum Gasteiger partial charge on any atom is -0.457 e. The molecule has 1 unspecified atom stereocenters. The molecular formula is C32H52O6. The molecule has 0 bridgehead atoms. The third-order valence-corrected chi connectivity index (χ3v) is 12.2. The van der Waals surface area contributed by atoms with Crippen LogP contribution in [0.15, 0.2) is 11.1 Å². The quantitative estimate of drug-likeness (QED) is 0.314. The maximum absolute atomic E-state index is 12.9. The average molecular weight is 533 g/mol. The summed E-state index contributed by atoms with van der Waals surface area (Å²) in [5.74, 6) is 0.305. The lowest BCUT2D eigenvalue weighted by Gasteiger charge is -2.69. The number of hydrogen-bond donors (Lipinski definition) is 3. The molecule has 216 valence electrons. The van der Waals surface area contributed by atoms with Crippen molar-refractivity contribution >= 4 is 11.8 Å². The molecule has 0 amide bonds. The molecular weight excluding hydrogens is 480 g/mol. The molecule has 9 atom stereocenters. The van der Waals surface area contributed by atoms with E-state index >= 15 is 0 Å². The van der Waals surface area contributed by atoms with Crippen molar-refractivity contribution in [2.75, 3.05) is 0 Å². The van der Waals surface area contributed by atoms with Crippen LogP contribution in [0.2, 0.25) is 0 Å². The van der Waals surface area contributed by atoms with Gasteiger partial charge in [-0.2, -0.15) is 0 Å². The van der Waals surface area contributed by atoms with Gasteiger partial charge in [0.05, 0.1) is 17.8 Å². The summed E-state index contributed by atoms with van der Waals surface area (Å²) < 4.78 is 5.34. The molecule has 0 aromatic heterocycles. The second-order valence-corrected chi connectivity index (χ2v) is 15.1. The van der Waals surface area contributed by atoms with Gasteiger partial charge in [0.15, 0.2) is 6.10 Å². The molecule has 0 aromatic carbocycles. The Bertz CT molecular complexity index is 1010. The van der Waals surface area contributed by atoms with Crippen LogP contribution in [0.4, 0.5) is 0 Å². The number of carbonyl (C=O) groups is 2. The summed E-state index contributed by atoms with van der Waals surface area (Å²) in [7, 11) is 0. The topological polar surface area (TPSA) is 104 Å². The third kappa shape index (κ3) is 4.32. The van der Waals surface area contributed by atoms with E-state index in [1.54, 1.807) is 13.8 Å². The van der Waals surface area contributed by atoms with Gasteiger partial charge in [-0.3, -0.25) is 9.59 Å². The monoisotopic (exact) mass is 532 g/mol. The molecule has 0 aromatic rings. The van der Waals surface area contributed by atoms with E-state index < -0.39 is 29.9 Å². The highest BCUT2D eigenvalue weighted by atomic mass is 16.6. The minimum absolute atomic E-state index is 0.0349. The van der Waals surface area contributed by atoms with Gasteiger partial charge in [0.25, 0.3) is 0 Å². The largest absolute Gasteiger partial charge is 0.457 e. The number of aliphatic hydroxyl groups excluding tert-OH is 2. The van der Waals surface area contributed by atoms with E-state index in [9.17, 15) is 24.9 Å².